The summed E-state index contributed by atoms with van der Waals surface area (Å²) in [5.74, 6) is 0. The van der Waals surface area contributed by atoms with Crippen LogP contribution >= 0.6 is 0 Å². The van der Waals surface area contributed by atoms with E-state index in [1.165, 1.54) is 0 Å². The molecule has 0 aliphatic heterocycles. The SMILES string of the molecule is CC(C)(C)CCNc1cccc(CO)c1. The largest absolute Gasteiger partial charge is 0.392 e. The molecule has 0 aliphatic rings. The van der Waals surface area contributed by atoms with E-state index in [2.05, 4.69) is 26.1 Å². The Morgan fingerprint density at radius 2 is 2.00 bits per heavy atom. The molecule has 1 aromatic rings. The van der Waals surface area contributed by atoms with Gasteiger partial charge < -0.3 is 10.4 Å². The highest BCUT2D eigenvalue weighted by Crippen LogP contribution is 2.18. The Labute approximate surface area is 92.3 Å². The van der Waals surface area contributed by atoms with E-state index in [4.69, 9.17) is 5.11 Å². The summed E-state index contributed by atoms with van der Waals surface area (Å²) in [5.41, 5.74) is 2.41. The lowest BCUT2D eigenvalue weighted by atomic mass is 9.92. The Balaban J connectivity index is 2.44. The van der Waals surface area contributed by atoms with E-state index in [-0.39, 0.29) is 6.61 Å². The maximum absolute atomic E-state index is 8.99. The molecule has 0 aliphatic carbocycles. The molecule has 0 aromatic heterocycles. The minimum absolute atomic E-state index is 0.106. The van der Waals surface area contributed by atoms with E-state index in [0.29, 0.717) is 5.41 Å². The number of hydrogen-bond donors (Lipinski definition) is 2. The molecule has 84 valence electrons. The van der Waals surface area contributed by atoms with Gasteiger partial charge >= 0.3 is 0 Å². The first-order chi connectivity index (χ1) is 7.01. The summed E-state index contributed by atoms with van der Waals surface area (Å²) < 4.78 is 0. The van der Waals surface area contributed by atoms with Crippen molar-refractivity contribution in [2.45, 2.75) is 33.8 Å². The quantitative estimate of drug-likeness (QED) is 0.795. The topological polar surface area (TPSA) is 32.3 Å². The van der Waals surface area contributed by atoms with Crippen molar-refractivity contribution in [3.63, 3.8) is 0 Å². The third-order valence-electron chi connectivity index (χ3n) is 2.31. The second-order valence-corrected chi connectivity index (χ2v) is 5.10. The number of benzene rings is 1. The van der Waals surface area contributed by atoms with Gasteiger partial charge in [0, 0.05) is 12.2 Å². The third-order valence-corrected chi connectivity index (χ3v) is 2.31. The summed E-state index contributed by atoms with van der Waals surface area (Å²) in [4.78, 5) is 0. The van der Waals surface area contributed by atoms with Gasteiger partial charge in [0.1, 0.15) is 0 Å². The molecule has 0 heterocycles. The number of aliphatic hydroxyl groups excluding tert-OH is 1. The second kappa shape index (κ2) is 5.17. The van der Waals surface area contributed by atoms with Crippen LogP contribution < -0.4 is 5.32 Å². The van der Waals surface area contributed by atoms with Gasteiger partial charge in [0.2, 0.25) is 0 Å². The summed E-state index contributed by atoms with van der Waals surface area (Å²) in [5, 5.41) is 12.4. The van der Waals surface area contributed by atoms with E-state index in [1.807, 2.05) is 24.3 Å². The average molecular weight is 207 g/mol. The second-order valence-electron chi connectivity index (χ2n) is 5.10. The van der Waals surface area contributed by atoms with Crippen molar-refractivity contribution in [1.82, 2.24) is 0 Å². The Kier molecular flexibility index (Phi) is 4.15. The van der Waals surface area contributed by atoms with Crippen molar-refractivity contribution in [3.05, 3.63) is 29.8 Å². The van der Waals surface area contributed by atoms with Crippen LogP contribution in [-0.2, 0) is 6.61 Å². The molecule has 0 amide bonds. The summed E-state index contributed by atoms with van der Waals surface area (Å²) in [6, 6.07) is 7.91. The lowest BCUT2D eigenvalue weighted by Crippen LogP contribution is -2.12. The Hall–Kier alpha value is -1.02. The standard InChI is InChI=1S/C13H21NO/c1-13(2,3)7-8-14-12-6-4-5-11(9-12)10-15/h4-6,9,14-15H,7-8,10H2,1-3H3. The first-order valence-electron chi connectivity index (χ1n) is 5.45. The molecule has 0 saturated carbocycles. The molecule has 1 aromatic carbocycles. The van der Waals surface area contributed by atoms with Crippen molar-refractivity contribution in [1.29, 1.82) is 0 Å². The lowest BCUT2D eigenvalue weighted by molar-refractivity contribution is 0.282. The molecular weight excluding hydrogens is 186 g/mol. The maximum Gasteiger partial charge on any atom is 0.0682 e. The van der Waals surface area contributed by atoms with Crippen LogP contribution in [0.25, 0.3) is 0 Å². The fourth-order valence-electron chi connectivity index (χ4n) is 1.36. The van der Waals surface area contributed by atoms with Gasteiger partial charge in [-0.15, -0.1) is 0 Å². The fourth-order valence-corrected chi connectivity index (χ4v) is 1.36. The molecule has 2 N–H and O–H groups in total. The van der Waals surface area contributed by atoms with Crippen molar-refractivity contribution in [3.8, 4) is 0 Å². The normalized spacial score (nSPS) is 11.5. The number of hydrogen-bond acceptors (Lipinski definition) is 2. The molecule has 0 bridgehead atoms. The molecule has 1 rings (SSSR count). The van der Waals surface area contributed by atoms with Crippen LogP contribution in [0, 0.1) is 5.41 Å². The zero-order chi connectivity index (χ0) is 11.3. The highest BCUT2D eigenvalue weighted by atomic mass is 16.3. The van der Waals surface area contributed by atoms with Crippen LogP contribution in [0.2, 0.25) is 0 Å². The maximum atomic E-state index is 8.99. The molecule has 0 spiro atoms. The van der Waals surface area contributed by atoms with Crippen molar-refractivity contribution in [2.24, 2.45) is 5.41 Å². The summed E-state index contributed by atoms with van der Waals surface area (Å²) >= 11 is 0. The summed E-state index contributed by atoms with van der Waals surface area (Å²) in [6.45, 7) is 7.78. The smallest absolute Gasteiger partial charge is 0.0682 e. The molecule has 0 radical (unpaired) electrons. The van der Waals surface area contributed by atoms with E-state index in [1.54, 1.807) is 0 Å². The molecule has 15 heavy (non-hydrogen) atoms. The van der Waals surface area contributed by atoms with Gasteiger partial charge in [-0.05, 0) is 29.5 Å². The van der Waals surface area contributed by atoms with Crippen LogP contribution in [-0.4, -0.2) is 11.7 Å². The van der Waals surface area contributed by atoms with E-state index in [9.17, 15) is 0 Å². The lowest BCUT2D eigenvalue weighted by Gasteiger charge is -2.18. The zero-order valence-corrected chi connectivity index (χ0v) is 9.88. The minimum atomic E-state index is 0.106. The summed E-state index contributed by atoms with van der Waals surface area (Å²) in [7, 11) is 0. The predicted octanol–water partition coefficient (Wildman–Crippen LogP) is 3.03. The number of aliphatic hydroxyl groups is 1. The van der Waals surface area contributed by atoms with Crippen LogP contribution in [0.1, 0.15) is 32.8 Å². The molecular formula is C13H21NO. The number of anilines is 1. The van der Waals surface area contributed by atoms with Gasteiger partial charge in [-0.3, -0.25) is 0 Å². The van der Waals surface area contributed by atoms with Crippen molar-refractivity contribution >= 4 is 5.69 Å². The van der Waals surface area contributed by atoms with Crippen LogP contribution in [0.3, 0.4) is 0 Å². The van der Waals surface area contributed by atoms with Gasteiger partial charge in [0.25, 0.3) is 0 Å². The van der Waals surface area contributed by atoms with Crippen molar-refractivity contribution in [2.75, 3.05) is 11.9 Å². The van der Waals surface area contributed by atoms with Gasteiger partial charge in [-0.2, -0.15) is 0 Å². The van der Waals surface area contributed by atoms with E-state index >= 15 is 0 Å². The molecule has 0 saturated heterocycles. The monoisotopic (exact) mass is 207 g/mol. The molecule has 2 nitrogen and oxygen atoms in total. The molecule has 0 fully saturated rings. The highest BCUT2D eigenvalue weighted by molar-refractivity contribution is 5.45. The fraction of sp³-hybridized carbons (Fsp3) is 0.538. The van der Waals surface area contributed by atoms with Gasteiger partial charge in [-0.1, -0.05) is 32.9 Å². The Morgan fingerprint density at radius 3 is 2.60 bits per heavy atom. The third kappa shape index (κ3) is 4.84. The first kappa shape index (κ1) is 12.1. The Morgan fingerprint density at radius 1 is 1.27 bits per heavy atom. The van der Waals surface area contributed by atoms with Gasteiger partial charge in [0.15, 0.2) is 0 Å². The molecule has 0 unspecified atom stereocenters. The van der Waals surface area contributed by atoms with Crippen LogP contribution in [0.4, 0.5) is 5.69 Å². The van der Waals surface area contributed by atoms with Crippen LogP contribution in [0.15, 0.2) is 24.3 Å². The van der Waals surface area contributed by atoms with Gasteiger partial charge in [-0.25, -0.2) is 0 Å². The minimum Gasteiger partial charge on any atom is -0.392 e. The Bertz CT molecular complexity index is 302. The van der Waals surface area contributed by atoms with E-state index < -0.39 is 0 Å². The average Bonchev–Trinajstić information content (AvgIpc) is 2.16. The zero-order valence-electron chi connectivity index (χ0n) is 9.88. The first-order valence-corrected chi connectivity index (χ1v) is 5.45. The summed E-state index contributed by atoms with van der Waals surface area (Å²) in [6.07, 6.45) is 1.14. The number of rotatable bonds is 4. The highest BCUT2D eigenvalue weighted by Gasteiger charge is 2.08. The van der Waals surface area contributed by atoms with Crippen LogP contribution in [0.5, 0.6) is 0 Å². The van der Waals surface area contributed by atoms with Crippen molar-refractivity contribution < 1.29 is 5.11 Å². The predicted molar refractivity (Wildman–Crippen MR) is 64.9 cm³/mol. The number of nitrogens with one attached hydrogen (secondary N) is 1. The van der Waals surface area contributed by atoms with Gasteiger partial charge in [0.05, 0.1) is 6.61 Å². The molecule has 2 heteroatoms. The van der Waals surface area contributed by atoms with E-state index in [0.717, 1.165) is 24.2 Å². The molecule has 0 atom stereocenters.